The highest BCUT2D eigenvalue weighted by Gasteiger charge is 2.34. The molecule has 0 bridgehead atoms. The number of carbonyl (C=O) groups is 1. The van der Waals surface area contributed by atoms with Gasteiger partial charge in [-0.2, -0.15) is 5.10 Å². The molecule has 1 aliphatic carbocycles. The van der Waals surface area contributed by atoms with Crippen LogP contribution in [0.4, 0.5) is 0 Å². The Morgan fingerprint density at radius 3 is 2.72 bits per heavy atom. The number of aryl methyl sites for hydroxylation is 1. The Morgan fingerprint density at radius 2 is 2.04 bits per heavy atom. The third-order valence-electron chi connectivity index (χ3n) is 4.74. The summed E-state index contributed by atoms with van der Waals surface area (Å²) in [6.07, 6.45) is 3.91. The summed E-state index contributed by atoms with van der Waals surface area (Å²) in [7, 11) is 0. The van der Waals surface area contributed by atoms with Gasteiger partial charge in [0.1, 0.15) is 0 Å². The van der Waals surface area contributed by atoms with Gasteiger partial charge in [0.15, 0.2) is 0 Å². The van der Waals surface area contributed by atoms with Gasteiger partial charge in [0.05, 0.1) is 29.7 Å². The van der Waals surface area contributed by atoms with Crippen LogP contribution >= 0.6 is 11.3 Å². The number of nitrogens with zero attached hydrogens (tertiary/aromatic N) is 3. The van der Waals surface area contributed by atoms with Gasteiger partial charge in [-0.25, -0.2) is 4.68 Å². The highest BCUT2D eigenvalue weighted by molar-refractivity contribution is 7.09. The van der Waals surface area contributed by atoms with Crippen molar-refractivity contribution in [3.63, 3.8) is 0 Å². The number of benzene rings is 1. The van der Waals surface area contributed by atoms with E-state index in [2.05, 4.69) is 29.5 Å². The maximum Gasteiger partial charge on any atom is 0.257 e. The minimum absolute atomic E-state index is 0.0910. The largest absolute Gasteiger partial charge is 0.330 e. The Bertz CT molecular complexity index is 894. The molecule has 0 saturated heterocycles. The van der Waals surface area contributed by atoms with Crippen LogP contribution in [0.1, 0.15) is 39.3 Å². The second-order valence-corrected chi connectivity index (χ2v) is 7.62. The molecule has 2 heterocycles. The molecule has 2 aromatic heterocycles. The molecule has 0 atom stereocenters. The summed E-state index contributed by atoms with van der Waals surface area (Å²) in [6.45, 7) is 4.73. The average Bonchev–Trinajstić information content (AvgIpc) is 3.18. The number of para-hydroxylation sites is 1. The van der Waals surface area contributed by atoms with E-state index in [4.69, 9.17) is 0 Å². The van der Waals surface area contributed by atoms with Crippen molar-refractivity contribution in [3.8, 4) is 5.69 Å². The number of carbonyl (C=O) groups excluding carboxylic acids is 1. The quantitative estimate of drug-likeness (QED) is 0.685. The first kappa shape index (κ1) is 16.1. The maximum absolute atomic E-state index is 13.2. The van der Waals surface area contributed by atoms with Gasteiger partial charge in [-0.1, -0.05) is 24.3 Å². The molecule has 0 unspecified atom stereocenters. The molecule has 5 heteroatoms. The lowest BCUT2D eigenvalue weighted by Gasteiger charge is -2.21. The normalized spacial score (nSPS) is 13.8. The van der Waals surface area contributed by atoms with Gasteiger partial charge in [-0.3, -0.25) is 4.79 Å². The Kier molecular flexibility index (Phi) is 4.17. The fourth-order valence-corrected chi connectivity index (χ4v) is 3.84. The summed E-state index contributed by atoms with van der Waals surface area (Å²) in [4.78, 5) is 16.4. The zero-order valence-corrected chi connectivity index (χ0v) is 15.3. The average molecular weight is 351 g/mol. The van der Waals surface area contributed by atoms with Crippen molar-refractivity contribution in [2.75, 3.05) is 0 Å². The molecule has 1 amide bonds. The SMILES string of the molecule is Cc1ccccc1-n1ncc(C(=O)N(Cc2cccs2)C2CC2)c1C. The fraction of sp³-hybridized carbons (Fsp3) is 0.300. The van der Waals surface area contributed by atoms with Crippen LogP contribution in [0.2, 0.25) is 0 Å². The zero-order chi connectivity index (χ0) is 17.4. The fourth-order valence-electron chi connectivity index (χ4n) is 3.14. The van der Waals surface area contributed by atoms with Crippen molar-refractivity contribution in [2.24, 2.45) is 0 Å². The van der Waals surface area contributed by atoms with E-state index in [0.29, 0.717) is 18.2 Å². The van der Waals surface area contributed by atoms with Crippen LogP contribution in [0.15, 0.2) is 48.0 Å². The van der Waals surface area contributed by atoms with E-state index in [0.717, 1.165) is 29.8 Å². The number of aromatic nitrogens is 2. The molecule has 1 aromatic carbocycles. The van der Waals surface area contributed by atoms with Crippen LogP contribution in [-0.4, -0.2) is 26.6 Å². The first-order valence-corrected chi connectivity index (χ1v) is 9.47. The highest BCUT2D eigenvalue weighted by Crippen LogP contribution is 2.31. The summed E-state index contributed by atoms with van der Waals surface area (Å²) in [6, 6.07) is 12.6. The van der Waals surface area contributed by atoms with Crippen LogP contribution in [0.5, 0.6) is 0 Å². The van der Waals surface area contributed by atoms with Crippen molar-refractivity contribution >= 4 is 17.2 Å². The lowest BCUT2D eigenvalue weighted by atomic mass is 10.2. The first-order chi connectivity index (χ1) is 12.1. The second kappa shape index (κ2) is 6.48. The molecule has 1 aliphatic rings. The molecule has 1 saturated carbocycles. The van der Waals surface area contributed by atoms with E-state index in [1.807, 2.05) is 40.8 Å². The molecule has 4 rings (SSSR count). The molecule has 25 heavy (non-hydrogen) atoms. The predicted molar refractivity (Wildman–Crippen MR) is 100 cm³/mol. The number of hydrogen-bond acceptors (Lipinski definition) is 3. The molecule has 0 spiro atoms. The molecular weight excluding hydrogens is 330 g/mol. The molecule has 0 radical (unpaired) electrons. The number of amides is 1. The summed E-state index contributed by atoms with van der Waals surface area (Å²) < 4.78 is 1.87. The van der Waals surface area contributed by atoms with E-state index in [1.54, 1.807) is 17.5 Å². The van der Waals surface area contributed by atoms with Gasteiger partial charge >= 0.3 is 0 Å². The summed E-state index contributed by atoms with van der Waals surface area (Å²) >= 11 is 1.70. The molecule has 4 nitrogen and oxygen atoms in total. The molecular formula is C20H21N3OS. The number of thiophene rings is 1. The molecule has 128 valence electrons. The van der Waals surface area contributed by atoms with E-state index in [1.165, 1.54) is 4.88 Å². The topological polar surface area (TPSA) is 38.1 Å². The minimum atomic E-state index is 0.0910. The smallest absolute Gasteiger partial charge is 0.257 e. The van der Waals surface area contributed by atoms with Gasteiger partial charge in [0, 0.05) is 10.9 Å². The van der Waals surface area contributed by atoms with E-state index < -0.39 is 0 Å². The van der Waals surface area contributed by atoms with E-state index in [9.17, 15) is 4.79 Å². The Hall–Kier alpha value is -2.40. The van der Waals surface area contributed by atoms with Gasteiger partial charge in [0.2, 0.25) is 0 Å². The standard InChI is InChI=1S/C20H21N3OS/c1-14-6-3-4-8-19(14)23-15(2)18(12-21-23)20(24)22(16-9-10-16)13-17-7-5-11-25-17/h3-8,11-12,16H,9-10,13H2,1-2H3. The van der Waals surface area contributed by atoms with Crippen molar-refractivity contribution in [2.45, 2.75) is 39.3 Å². The summed E-state index contributed by atoms with van der Waals surface area (Å²) in [5, 5.41) is 6.56. The van der Waals surface area contributed by atoms with Crippen molar-refractivity contribution < 1.29 is 4.79 Å². The van der Waals surface area contributed by atoms with Crippen molar-refractivity contribution in [3.05, 3.63) is 69.7 Å². The van der Waals surface area contributed by atoms with Crippen LogP contribution in [0, 0.1) is 13.8 Å². The monoisotopic (exact) mass is 351 g/mol. The van der Waals surface area contributed by atoms with Crippen LogP contribution in [-0.2, 0) is 6.54 Å². The highest BCUT2D eigenvalue weighted by atomic mass is 32.1. The van der Waals surface area contributed by atoms with Crippen LogP contribution in [0.25, 0.3) is 5.69 Å². The molecule has 0 aliphatic heterocycles. The lowest BCUT2D eigenvalue weighted by Crippen LogP contribution is -2.32. The molecule has 0 N–H and O–H groups in total. The minimum Gasteiger partial charge on any atom is -0.330 e. The van der Waals surface area contributed by atoms with Gasteiger partial charge in [-0.05, 0) is 49.8 Å². The van der Waals surface area contributed by atoms with Crippen LogP contribution in [0.3, 0.4) is 0 Å². The van der Waals surface area contributed by atoms with Crippen molar-refractivity contribution in [1.29, 1.82) is 0 Å². The van der Waals surface area contributed by atoms with Gasteiger partial charge < -0.3 is 4.90 Å². The van der Waals surface area contributed by atoms with E-state index >= 15 is 0 Å². The summed E-state index contributed by atoms with van der Waals surface area (Å²) in [5.74, 6) is 0.0910. The van der Waals surface area contributed by atoms with Gasteiger partial charge in [0.25, 0.3) is 5.91 Å². The maximum atomic E-state index is 13.2. The lowest BCUT2D eigenvalue weighted by molar-refractivity contribution is 0.0731. The third-order valence-corrected chi connectivity index (χ3v) is 5.60. The third kappa shape index (κ3) is 3.12. The Morgan fingerprint density at radius 1 is 1.24 bits per heavy atom. The van der Waals surface area contributed by atoms with Crippen LogP contribution < -0.4 is 0 Å². The second-order valence-electron chi connectivity index (χ2n) is 6.59. The van der Waals surface area contributed by atoms with Crippen molar-refractivity contribution in [1.82, 2.24) is 14.7 Å². The zero-order valence-electron chi connectivity index (χ0n) is 14.5. The summed E-state index contributed by atoms with van der Waals surface area (Å²) in [5.41, 5.74) is 3.77. The van der Waals surface area contributed by atoms with E-state index in [-0.39, 0.29) is 5.91 Å². The predicted octanol–water partition coefficient (Wildman–Crippen LogP) is 4.36. The Labute approximate surface area is 151 Å². The first-order valence-electron chi connectivity index (χ1n) is 8.59. The number of hydrogen-bond donors (Lipinski definition) is 0. The molecule has 3 aromatic rings. The van der Waals surface area contributed by atoms with Gasteiger partial charge in [-0.15, -0.1) is 11.3 Å². The molecule has 1 fully saturated rings. The Balaban J connectivity index is 1.65. The number of rotatable bonds is 5.